The third kappa shape index (κ3) is 5.59. The molecule has 0 aliphatic carbocycles. The van der Waals surface area contributed by atoms with Crippen molar-refractivity contribution in [3.8, 4) is 0 Å². The van der Waals surface area contributed by atoms with Gasteiger partial charge in [-0.15, -0.1) is 0 Å². The fraction of sp³-hybridized carbons (Fsp3) is 0.176. The number of alkyl halides is 3. The molecule has 0 spiro atoms. The molecule has 8 heteroatoms. The highest BCUT2D eigenvalue weighted by Gasteiger charge is 2.30. The number of sulfonamides is 1. The van der Waals surface area contributed by atoms with Crippen molar-refractivity contribution in [2.75, 3.05) is 7.05 Å². The molecule has 0 heterocycles. The average molecular weight is 390 g/mol. The lowest BCUT2D eigenvalue weighted by molar-refractivity contribution is -0.137. The van der Waals surface area contributed by atoms with Crippen molar-refractivity contribution in [3.63, 3.8) is 0 Å². The summed E-state index contributed by atoms with van der Waals surface area (Å²) in [5, 5.41) is 1.58. The summed E-state index contributed by atoms with van der Waals surface area (Å²) in [7, 11) is -2.35. The van der Waals surface area contributed by atoms with Crippen molar-refractivity contribution in [1.29, 1.82) is 0 Å². The third-order valence-electron chi connectivity index (χ3n) is 3.42. The lowest BCUT2D eigenvalue weighted by atomic mass is 10.1. The minimum Gasteiger partial charge on any atom is -0.208 e. The van der Waals surface area contributed by atoms with Gasteiger partial charge >= 0.3 is 6.18 Å². The summed E-state index contributed by atoms with van der Waals surface area (Å²) in [5.41, 5.74) is 0.347. The van der Waals surface area contributed by atoms with Crippen molar-refractivity contribution in [1.82, 2.24) is 4.31 Å². The maximum absolute atomic E-state index is 12.5. The zero-order valence-corrected chi connectivity index (χ0v) is 14.7. The van der Waals surface area contributed by atoms with E-state index in [1.54, 1.807) is 24.3 Å². The molecule has 0 atom stereocenters. The van der Waals surface area contributed by atoms with E-state index in [0.717, 1.165) is 21.8 Å². The van der Waals surface area contributed by atoms with E-state index in [9.17, 15) is 21.6 Å². The molecule has 25 heavy (non-hydrogen) atoms. The first-order chi connectivity index (χ1) is 11.6. The topological polar surface area (TPSA) is 37.4 Å². The van der Waals surface area contributed by atoms with Gasteiger partial charge in [-0.2, -0.15) is 17.5 Å². The van der Waals surface area contributed by atoms with Gasteiger partial charge in [-0.25, -0.2) is 8.42 Å². The van der Waals surface area contributed by atoms with Crippen LogP contribution in [0.25, 0.3) is 6.08 Å². The third-order valence-corrected chi connectivity index (χ3v) is 5.15. The highest BCUT2D eigenvalue weighted by Crippen LogP contribution is 2.29. The molecule has 0 aliphatic rings. The number of hydrogen-bond donors (Lipinski definition) is 0. The van der Waals surface area contributed by atoms with Crippen molar-refractivity contribution in [3.05, 3.63) is 75.7 Å². The molecule has 0 aromatic heterocycles. The molecule has 0 unspecified atom stereocenters. The summed E-state index contributed by atoms with van der Waals surface area (Å²) < 4.78 is 63.1. The van der Waals surface area contributed by atoms with Crippen LogP contribution in [-0.4, -0.2) is 19.8 Å². The Morgan fingerprint density at radius 2 is 1.60 bits per heavy atom. The lowest BCUT2D eigenvalue weighted by Gasteiger charge is -2.15. The summed E-state index contributed by atoms with van der Waals surface area (Å²) in [4.78, 5) is 0. The number of hydrogen-bond acceptors (Lipinski definition) is 2. The Kier molecular flexibility index (Phi) is 5.92. The lowest BCUT2D eigenvalue weighted by Crippen LogP contribution is -2.24. The van der Waals surface area contributed by atoms with Gasteiger partial charge in [0.05, 0.1) is 5.56 Å². The SMILES string of the molecule is CN(Cc1ccc(C(F)(F)F)cc1)S(=O)(=O)/C=C/c1ccc(Cl)cc1. The summed E-state index contributed by atoms with van der Waals surface area (Å²) in [6.07, 6.45) is -2.99. The van der Waals surface area contributed by atoms with E-state index in [1.807, 2.05) is 0 Å². The molecule has 2 aromatic rings. The van der Waals surface area contributed by atoms with E-state index in [4.69, 9.17) is 11.6 Å². The zero-order chi connectivity index (χ0) is 18.7. The maximum Gasteiger partial charge on any atom is 0.416 e. The Bertz CT molecular complexity index is 845. The molecule has 2 aromatic carbocycles. The largest absolute Gasteiger partial charge is 0.416 e. The van der Waals surface area contributed by atoms with Gasteiger partial charge < -0.3 is 0 Å². The molecule has 134 valence electrons. The van der Waals surface area contributed by atoms with Crippen LogP contribution >= 0.6 is 11.6 Å². The Morgan fingerprint density at radius 1 is 1.04 bits per heavy atom. The number of nitrogens with zero attached hydrogens (tertiary/aromatic N) is 1. The van der Waals surface area contributed by atoms with Crippen LogP contribution in [0.5, 0.6) is 0 Å². The van der Waals surface area contributed by atoms with Crippen LogP contribution in [0.15, 0.2) is 53.9 Å². The Balaban J connectivity index is 2.08. The summed E-state index contributed by atoms with van der Waals surface area (Å²) in [6.45, 7) is -0.0363. The molecule has 0 fully saturated rings. The quantitative estimate of drug-likeness (QED) is 0.737. The average Bonchev–Trinajstić information content (AvgIpc) is 2.54. The molecule has 0 radical (unpaired) electrons. The van der Waals surface area contributed by atoms with Crippen LogP contribution in [0.2, 0.25) is 5.02 Å². The van der Waals surface area contributed by atoms with E-state index >= 15 is 0 Å². The summed E-state index contributed by atoms with van der Waals surface area (Å²) >= 11 is 5.76. The second-order valence-electron chi connectivity index (χ2n) is 5.35. The number of benzene rings is 2. The van der Waals surface area contributed by atoms with Gasteiger partial charge in [0.25, 0.3) is 0 Å². The monoisotopic (exact) mass is 389 g/mol. The van der Waals surface area contributed by atoms with Crippen molar-refractivity contribution >= 4 is 27.7 Å². The predicted molar refractivity (Wildman–Crippen MR) is 92.3 cm³/mol. The van der Waals surface area contributed by atoms with E-state index in [1.165, 1.54) is 25.3 Å². The Labute approximate surface area is 149 Å². The van der Waals surface area contributed by atoms with Gasteiger partial charge in [-0.1, -0.05) is 35.9 Å². The normalized spacial score (nSPS) is 12.9. The van der Waals surface area contributed by atoms with Gasteiger partial charge in [0, 0.05) is 24.0 Å². The summed E-state index contributed by atoms with van der Waals surface area (Å²) in [6, 6.07) is 11.0. The van der Waals surface area contributed by atoms with Gasteiger partial charge in [0.15, 0.2) is 0 Å². The molecule has 0 bridgehead atoms. The molecule has 0 aliphatic heterocycles. The van der Waals surface area contributed by atoms with Crippen molar-refractivity contribution < 1.29 is 21.6 Å². The molecule has 3 nitrogen and oxygen atoms in total. The number of halogens is 4. The van der Waals surface area contributed by atoms with Crippen LogP contribution < -0.4 is 0 Å². The minimum absolute atomic E-state index is 0.0363. The fourth-order valence-corrected chi connectivity index (χ4v) is 2.98. The first-order valence-corrected chi connectivity index (χ1v) is 9.02. The van der Waals surface area contributed by atoms with Crippen LogP contribution in [0.4, 0.5) is 13.2 Å². The molecule has 0 saturated carbocycles. The molecule has 0 amide bonds. The van der Waals surface area contributed by atoms with Crippen LogP contribution in [0.1, 0.15) is 16.7 Å². The first kappa shape index (κ1) is 19.5. The highest BCUT2D eigenvalue weighted by atomic mass is 35.5. The number of rotatable bonds is 5. The molecule has 0 saturated heterocycles. The predicted octanol–water partition coefficient (Wildman–Crippen LogP) is 4.79. The van der Waals surface area contributed by atoms with Crippen LogP contribution in [-0.2, 0) is 22.7 Å². The molecular weight excluding hydrogens is 375 g/mol. The van der Waals surface area contributed by atoms with Crippen molar-refractivity contribution in [2.45, 2.75) is 12.7 Å². The first-order valence-electron chi connectivity index (χ1n) is 7.14. The van der Waals surface area contributed by atoms with Crippen molar-refractivity contribution in [2.24, 2.45) is 0 Å². The molecule has 0 N–H and O–H groups in total. The fourth-order valence-electron chi connectivity index (χ4n) is 1.99. The molecular formula is C17H15ClF3NO2S. The second kappa shape index (κ2) is 7.59. The van der Waals surface area contributed by atoms with Crippen LogP contribution in [0, 0.1) is 0 Å². The highest BCUT2D eigenvalue weighted by molar-refractivity contribution is 7.92. The van der Waals surface area contributed by atoms with Crippen LogP contribution in [0.3, 0.4) is 0 Å². The van der Waals surface area contributed by atoms with Gasteiger partial charge in [0.2, 0.25) is 10.0 Å². The standard InChI is InChI=1S/C17H15ClF3NO2S/c1-22(12-14-2-6-15(7-3-14)17(19,20)21)25(23,24)11-10-13-4-8-16(18)9-5-13/h2-11H,12H2,1H3/b11-10+. The van der Waals surface area contributed by atoms with Gasteiger partial charge in [0.1, 0.15) is 0 Å². The zero-order valence-electron chi connectivity index (χ0n) is 13.2. The van der Waals surface area contributed by atoms with E-state index in [0.29, 0.717) is 16.1 Å². The smallest absolute Gasteiger partial charge is 0.208 e. The Morgan fingerprint density at radius 3 is 2.12 bits per heavy atom. The van der Waals surface area contributed by atoms with E-state index < -0.39 is 21.8 Å². The van der Waals surface area contributed by atoms with E-state index in [-0.39, 0.29) is 6.54 Å². The van der Waals surface area contributed by atoms with E-state index in [2.05, 4.69) is 0 Å². The molecule has 2 rings (SSSR count). The van der Waals surface area contributed by atoms with Gasteiger partial charge in [-0.05, 0) is 41.5 Å². The minimum atomic E-state index is -4.42. The van der Waals surface area contributed by atoms with Gasteiger partial charge in [-0.3, -0.25) is 0 Å². The summed E-state index contributed by atoms with van der Waals surface area (Å²) in [5.74, 6) is 0. The Hall–Kier alpha value is -1.83. The maximum atomic E-state index is 12.5. The second-order valence-corrected chi connectivity index (χ2v) is 7.71.